The number of carbonyl (C=O) groups is 6. The van der Waals surface area contributed by atoms with E-state index in [-0.39, 0.29) is 49.6 Å². The van der Waals surface area contributed by atoms with Gasteiger partial charge >= 0.3 is 23.9 Å². The molecule has 6 rings (SSSR count). The number of ether oxygens (including phenoxy) is 6. The highest BCUT2D eigenvalue weighted by atomic mass is 16.6. The second kappa shape index (κ2) is 12.9. The summed E-state index contributed by atoms with van der Waals surface area (Å²) in [4.78, 5) is 78.6. The van der Waals surface area contributed by atoms with Crippen LogP contribution in [0.4, 0.5) is 0 Å². The Labute approximate surface area is 297 Å². The van der Waals surface area contributed by atoms with Crippen molar-refractivity contribution in [1.82, 2.24) is 0 Å². The summed E-state index contributed by atoms with van der Waals surface area (Å²) in [5, 5.41) is 0. The smallest absolute Gasteiger partial charge is 0.309 e. The van der Waals surface area contributed by atoms with Gasteiger partial charge in [0, 0.05) is 54.8 Å². The fourth-order valence-corrected chi connectivity index (χ4v) is 10.7. The lowest BCUT2D eigenvalue weighted by molar-refractivity contribution is -0.212. The molecule has 0 bridgehead atoms. The van der Waals surface area contributed by atoms with E-state index in [4.69, 9.17) is 32.8 Å². The third-order valence-electron chi connectivity index (χ3n) is 13.1. The van der Waals surface area contributed by atoms with Crippen LogP contribution in [0.1, 0.15) is 92.1 Å². The van der Waals surface area contributed by atoms with Crippen LogP contribution in [0.25, 0.3) is 0 Å². The van der Waals surface area contributed by atoms with E-state index in [2.05, 4.69) is 6.58 Å². The molecule has 5 aliphatic rings. The number of rotatable bonds is 11. The lowest BCUT2D eigenvalue weighted by atomic mass is 9.45. The van der Waals surface area contributed by atoms with Crippen LogP contribution in [0.15, 0.2) is 35.2 Å². The number of hydrogen-bond acceptors (Lipinski definition) is 13. The minimum absolute atomic E-state index is 0.113. The third kappa shape index (κ3) is 5.52. The van der Waals surface area contributed by atoms with Gasteiger partial charge in [-0.15, -0.1) is 0 Å². The van der Waals surface area contributed by atoms with Gasteiger partial charge in [0.25, 0.3) is 6.47 Å². The highest BCUT2D eigenvalue weighted by molar-refractivity contribution is 5.86. The summed E-state index contributed by atoms with van der Waals surface area (Å²) in [6.45, 7) is 16.4. The monoisotopic (exact) mass is 712 g/mol. The number of esters is 4. The summed E-state index contributed by atoms with van der Waals surface area (Å²) in [5.74, 6) is -5.81. The van der Waals surface area contributed by atoms with E-state index in [1.807, 2.05) is 26.8 Å². The Kier molecular flexibility index (Phi) is 9.30. The van der Waals surface area contributed by atoms with E-state index in [1.54, 1.807) is 26.4 Å². The van der Waals surface area contributed by atoms with Gasteiger partial charge in [0.15, 0.2) is 11.9 Å². The van der Waals surface area contributed by atoms with Gasteiger partial charge in [-0.2, -0.15) is 0 Å². The molecular weight excluding hydrogens is 664 g/mol. The maximum atomic E-state index is 14.5. The molecule has 5 fully saturated rings. The predicted octanol–water partition coefficient (Wildman–Crippen LogP) is 4.40. The van der Waals surface area contributed by atoms with Crippen molar-refractivity contribution in [2.45, 2.75) is 122 Å². The number of Topliss-reactive ketones (excluding diaryl/α,β-unsaturated/α-hetero) is 1. The van der Waals surface area contributed by atoms with E-state index in [1.165, 1.54) is 13.8 Å². The van der Waals surface area contributed by atoms with Gasteiger partial charge in [0.1, 0.15) is 30.0 Å². The Balaban J connectivity index is 1.58. The molecule has 13 nitrogen and oxygen atoms in total. The molecule has 0 amide bonds. The average Bonchev–Trinajstić information content (AvgIpc) is 3.30. The second-order valence-electron chi connectivity index (χ2n) is 15.7. The van der Waals surface area contributed by atoms with E-state index in [0.717, 1.165) is 5.56 Å². The van der Waals surface area contributed by atoms with Crippen molar-refractivity contribution in [3.63, 3.8) is 0 Å². The lowest BCUT2D eigenvalue weighted by Gasteiger charge is -2.61. The molecule has 13 heteroatoms. The fraction of sp³-hybridized carbons (Fsp3) is 0.684. The molecule has 0 aromatic carbocycles. The summed E-state index contributed by atoms with van der Waals surface area (Å²) < 4.78 is 41.3. The van der Waals surface area contributed by atoms with Gasteiger partial charge < -0.3 is 32.8 Å². The minimum atomic E-state index is -1.36. The van der Waals surface area contributed by atoms with Crippen molar-refractivity contribution in [3.05, 3.63) is 36.3 Å². The first kappa shape index (κ1) is 36.8. The van der Waals surface area contributed by atoms with Crippen LogP contribution < -0.4 is 0 Å². The summed E-state index contributed by atoms with van der Waals surface area (Å²) in [7, 11) is 0. The first-order valence-electron chi connectivity index (χ1n) is 17.7. The molecule has 13 unspecified atom stereocenters. The zero-order valence-corrected chi connectivity index (χ0v) is 30.3. The number of furan rings is 1. The van der Waals surface area contributed by atoms with Crippen LogP contribution in [0.5, 0.6) is 0 Å². The number of epoxide rings is 1. The number of cyclic esters (lactones) is 1. The van der Waals surface area contributed by atoms with Crippen LogP contribution in [0, 0.1) is 34.5 Å². The molecule has 0 radical (unpaired) electrons. The standard InChI is InChI=1S/C38H48O13/c1-9-19(2)33(49-22(5)41)26(42)12-25-34(47-18-39)32(20(3)38-29(50-38)13-24(37(25,38)8)23-10-11-45-16-23)36(7)27-14-31(44)51-35(27,6)17-46-30(43)15-28(36)48-21(4)40/h10-11,16,18-19,24-25,27-29,32-34H,3,9,12-15,17H2,1-2,4-8H3. The van der Waals surface area contributed by atoms with Crippen molar-refractivity contribution < 1.29 is 61.6 Å². The summed E-state index contributed by atoms with van der Waals surface area (Å²) in [6, 6.07) is 1.86. The van der Waals surface area contributed by atoms with Crippen LogP contribution in [-0.2, 0) is 57.2 Å². The van der Waals surface area contributed by atoms with E-state index in [0.29, 0.717) is 24.9 Å². The largest absolute Gasteiger partial charge is 0.472 e. The van der Waals surface area contributed by atoms with Crippen LogP contribution in [0.3, 0.4) is 0 Å². The molecule has 2 aliphatic carbocycles. The average molecular weight is 713 g/mol. The summed E-state index contributed by atoms with van der Waals surface area (Å²) in [5.41, 5.74) is -3.25. The van der Waals surface area contributed by atoms with Gasteiger partial charge in [-0.3, -0.25) is 28.8 Å². The minimum Gasteiger partial charge on any atom is -0.472 e. The van der Waals surface area contributed by atoms with Crippen LogP contribution in [-0.4, -0.2) is 78.4 Å². The molecule has 2 saturated carbocycles. The van der Waals surface area contributed by atoms with Gasteiger partial charge in [-0.1, -0.05) is 34.3 Å². The molecule has 1 aromatic rings. The molecule has 1 aromatic heterocycles. The van der Waals surface area contributed by atoms with Crippen molar-refractivity contribution in [2.75, 3.05) is 6.61 Å². The molecule has 3 saturated heterocycles. The van der Waals surface area contributed by atoms with Crippen molar-refractivity contribution in [3.8, 4) is 0 Å². The lowest BCUT2D eigenvalue weighted by Crippen LogP contribution is -2.66. The summed E-state index contributed by atoms with van der Waals surface area (Å²) >= 11 is 0. The molecule has 51 heavy (non-hydrogen) atoms. The van der Waals surface area contributed by atoms with Gasteiger partial charge in [-0.05, 0) is 42.9 Å². The van der Waals surface area contributed by atoms with Crippen molar-refractivity contribution in [2.24, 2.45) is 34.5 Å². The number of carbonyl (C=O) groups excluding carboxylic acids is 6. The van der Waals surface area contributed by atoms with E-state index in [9.17, 15) is 28.8 Å². The van der Waals surface area contributed by atoms with E-state index >= 15 is 0 Å². The molecule has 13 atom stereocenters. The second-order valence-corrected chi connectivity index (χ2v) is 15.7. The van der Waals surface area contributed by atoms with Crippen molar-refractivity contribution >= 4 is 36.1 Å². The Morgan fingerprint density at radius 3 is 2.43 bits per heavy atom. The molecule has 1 spiro atoms. The normalized spacial score (nSPS) is 40.9. The Morgan fingerprint density at radius 2 is 1.82 bits per heavy atom. The topological polar surface area (TPSA) is 174 Å². The number of hydrogen-bond donors (Lipinski definition) is 0. The van der Waals surface area contributed by atoms with Gasteiger partial charge in [-0.25, -0.2) is 0 Å². The Bertz CT molecular complexity index is 1620. The maximum absolute atomic E-state index is 14.5. The number of ketones is 1. The zero-order chi connectivity index (χ0) is 37.3. The molecule has 3 aliphatic heterocycles. The fourth-order valence-electron chi connectivity index (χ4n) is 10.7. The maximum Gasteiger partial charge on any atom is 0.309 e. The quantitative estimate of drug-likeness (QED) is 0.104. The van der Waals surface area contributed by atoms with Gasteiger partial charge in [0.2, 0.25) is 0 Å². The number of fused-ring (bicyclic) bond motifs is 1. The molecule has 278 valence electrons. The predicted molar refractivity (Wildman–Crippen MR) is 175 cm³/mol. The first-order chi connectivity index (χ1) is 24.0. The van der Waals surface area contributed by atoms with Crippen LogP contribution in [0.2, 0.25) is 0 Å². The highest BCUT2D eigenvalue weighted by Gasteiger charge is 2.83. The molecular formula is C38H48O13. The van der Waals surface area contributed by atoms with Crippen LogP contribution >= 0.6 is 0 Å². The van der Waals surface area contributed by atoms with Crippen molar-refractivity contribution in [1.29, 1.82) is 0 Å². The third-order valence-corrected chi connectivity index (χ3v) is 13.1. The summed E-state index contributed by atoms with van der Waals surface area (Å²) in [6.07, 6.45) is -0.0237. The Hall–Kier alpha value is -4.00. The zero-order valence-electron chi connectivity index (χ0n) is 30.3. The van der Waals surface area contributed by atoms with Gasteiger partial charge in [0.05, 0.1) is 31.5 Å². The SMILES string of the molecule is C=C1C(C2(C)C(OC(C)=O)CC(=O)OCC3(C)OC(=O)CC32)C(OC=O)C(CC(=O)C(OC(C)=O)C(C)CC)C2(C)C(c3ccoc3)CC3OC132. The molecule has 4 heterocycles. The highest BCUT2D eigenvalue weighted by Crippen LogP contribution is 2.78. The van der Waals surface area contributed by atoms with E-state index < -0.39 is 82.0 Å². The first-order valence-corrected chi connectivity index (χ1v) is 17.7. The Morgan fingerprint density at radius 1 is 1.10 bits per heavy atom. The molecule has 0 N–H and O–H groups in total.